The molecule has 656 valence electrons. The van der Waals surface area contributed by atoms with Crippen LogP contribution < -0.4 is 33.6 Å². The van der Waals surface area contributed by atoms with E-state index in [1.54, 1.807) is 36.9 Å². The van der Waals surface area contributed by atoms with Crippen LogP contribution in [0, 0.1) is 6.92 Å². The minimum atomic E-state index is -3.34. The summed E-state index contributed by atoms with van der Waals surface area (Å²) in [7, 11) is 4.25. The van der Waals surface area contributed by atoms with Gasteiger partial charge in [-0.15, -0.1) is 0 Å². The summed E-state index contributed by atoms with van der Waals surface area (Å²) in [6, 6.07) is 45.0. The van der Waals surface area contributed by atoms with Gasteiger partial charge in [-0.25, -0.2) is 13.4 Å². The first-order valence-corrected chi connectivity index (χ1v) is 45.0. The zero-order chi connectivity index (χ0) is 87.2. The molecule has 0 saturated carbocycles. The number of likely N-dealkylation sites (tertiary alicyclic amines) is 1. The van der Waals surface area contributed by atoms with Crippen molar-refractivity contribution in [2.45, 2.75) is 245 Å². The van der Waals surface area contributed by atoms with Gasteiger partial charge in [0.1, 0.15) is 35.4 Å². The number of methoxy groups -OCH3 is 2. The van der Waals surface area contributed by atoms with Gasteiger partial charge in [0, 0.05) is 152 Å². The third-order valence-electron chi connectivity index (χ3n) is 23.3. The van der Waals surface area contributed by atoms with Gasteiger partial charge in [0.25, 0.3) is 5.91 Å². The summed E-state index contributed by atoms with van der Waals surface area (Å²) in [5.41, 5.74) is 11.9. The maximum atomic E-state index is 12.8. The molecule has 0 bridgehead atoms. The Hall–Kier alpha value is -7.86. The number of ether oxygens (including phenoxy) is 4. The average molecular weight is 1660 g/mol. The van der Waals surface area contributed by atoms with Crippen molar-refractivity contribution in [3.05, 3.63) is 190 Å². The van der Waals surface area contributed by atoms with Gasteiger partial charge in [0.2, 0.25) is 10.0 Å². The standard InChI is InChI=1S/C19H29N3O2.C18H29NO2.C16H25NO2.C16H19NO.C15H24N2O2S.C14H22N2O/c1-15-4-5-16(14-18(15)24-3)19(23)22-8-6-17(7-9-22)21-12-10-20(2)11-13-21;1-13(2)21-17-12-14(6-7-16(17)18(3,4)5)19-10-8-15(20)9-11-19;1-16(2,3)14-6-5-12(11-15(14)19-4)17-9-7-13(18)8-10-17;1-16(2,3)13-7-9-15(10-8-13)18-12-14-6-4-5-11-17-14;1-15(2,3)13-5-7-14(8-6-13)20(18,19)17-11-9-16(4)10-12-17;1-14(2,3)11-4-5-13(15-10-11)16-8-6-12(17)7-9-16/h4-5,14,17H,6-13H2,1-3H3;6-7,12-13,15,20H,8-11H2,1-5H3;5-6,11,13,18H,7-10H2,1-4H3;4-11H,12H2,1-3H3;5-8H,9-12H2,1-4H3;4-5,10,12,17H,6-9H2,1-3H3. The summed E-state index contributed by atoms with van der Waals surface area (Å²) in [5.74, 6) is 4.77. The Labute approximate surface area is 716 Å². The SMILES string of the molecule is CC(C)(C)c1ccc(N2CCC(O)CC2)nc1.CC(C)(C)c1ccc(OCc2ccccn2)cc1.CC(C)Oc1cc(N2CCC(O)CC2)ccc1C(C)(C)C.CN1CCN(S(=O)(=O)c2ccc(C(C)(C)C)cc2)CC1.COc1cc(C(=O)N2CCC(N3CCN(C)CC3)CC2)ccc1C.COc1cc(N2CCC(O)CC2)ccc1C(C)(C)C. The number of piperidine rings is 4. The minimum Gasteiger partial charge on any atom is -0.496 e. The zero-order valence-electron chi connectivity index (χ0n) is 76.5. The summed E-state index contributed by atoms with van der Waals surface area (Å²) in [6.07, 6.45) is 10.8. The Morgan fingerprint density at radius 1 is 0.471 bits per heavy atom. The lowest BCUT2D eigenvalue weighted by Gasteiger charge is -2.42. The number of sulfonamides is 1. The number of aromatic nitrogens is 2. The van der Waals surface area contributed by atoms with Crippen molar-refractivity contribution in [3.63, 3.8) is 0 Å². The second kappa shape index (κ2) is 43.8. The monoisotopic (exact) mass is 1660 g/mol. The van der Waals surface area contributed by atoms with Gasteiger partial charge in [-0.1, -0.05) is 158 Å². The van der Waals surface area contributed by atoms with Crippen LogP contribution >= 0.6 is 0 Å². The van der Waals surface area contributed by atoms with Gasteiger partial charge in [-0.2, -0.15) is 4.31 Å². The largest absolute Gasteiger partial charge is 0.496 e. The molecule has 7 aromatic rings. The number of aryl methyl sites for hydroxylation is 1. The van der Waals surface area contributed by atoms with Gasteiger partial charge in [0.15, 0.2) is 0 Å². The molecule has 6 aliphatic heterocycles. The molecule has 0 spiro atoms. The van der Waals surface area contributed by atoms with Gasteiger partial charge in [-0.3, -0.25) is 14.7 Å². The molecule has 3 N–H and O–H groups in total. The van der Waals surface area contributed by atoms with E-state index in [1.165, 1.54) is 33.6 Å². The molecular formula is C98H148N10O10S. The highest BCUT2D eigenvalue weighted by Gasteiger charge is 2.32. The molecule has 8 heterocycles. The van der Waals surface area contributed by atoms with Crippen molar-refractivity contribution < 1.29 is 47.5 Å². The van der Waals surface area contributed by atoms with Gasteiger partial charge >= 0.3 is 0 Å². The maximum absolute atomic E-state index is 12.8. The molecule has 119 heavy (non-hydrogen) atoms. The van der Waals surface area contributed by atoms with E-state index in [0.29, 0.717) is 30.6 Å². The Kier molecular flexibility index (Phi) is 35.5. The molecule has 6 saturated heterocycles. The lowest BCUT2D eigenvalue weighted by molar-refractivity contribution is 0.0518. The first kappa shape index (κ1) is 96.6. The molecule has 0 aliphatic carbocycles. The number of hydrogen-bond donors (Lipinski definition) is 3. The topological polar surface area (TPSA) is 201 Å². The average Bonchev–Trinajstić information content (AvgIpc) is 0.799. The third kappa shape index (κ3) is 29.7. The predicted molar refractivity (Wildman–Crippen MR) is 489 cm³/mol. The number of carbonyl (C=O) groups excluding carboxylic acids is 1. The van der Waals surface area contributed by atoms with Crippen LogP contribution in [0.15, 0.2) is 151 Å². The van der Waals surface area contributed by atoms with Gasteiger partial charge in [-0.05, 0) is 213 Å². The Morgan fingerprint density at radius 3 is 1.36 bits per heavy atom. The highest BCUT2D eigenvalue weighted by molar-refractivity contribution is 7.89. The Morgan fingerprint density at radius 2 is 0.924 bits per heavy atom. The Balaban J connectivity index is 0.000000178. The Bertz CT molecular complexity index is 4300. The number of pyridine rings is 2. The van der Waals surface area contributed by atoms with E-state index < -0.39 is 10.0 Å². The second-order valence-corrected chi connectivity index (χ2v) is 40.4. The maximum Gasteiger partial charge on any atom is 0.253 e. The van der Waals surface area contributed by atoms with Gasteiger partial charge in [0.05, 0.1) is 49.2 Å². The number of aliphatic hydroxyl groups is 3. The highest BCUT2D eigenvalue weighted by atomic mass is 32.2. The number of aliphatic hydroxyl groups excluding tert-OH is 3. The number of nitrogens with zero attached hydrogens (tertiary/aromatic N) is 10. The van der Waals surface area contributed by atoms with Crippen molar-refractivity contribution in [1.29, 1.82) is 0 Å². The molecule has 6 aliphatic rings. The van der Waals surface area contributed by atoms with Crippen molar-refractivity contribution in [3.8, 4) is 23.0 Å². The molecule has 5 aromatic carbocycles. The minimum absolute atomic E-state index is 0.0378. The van der Waals surface area contributed by atoms with Crippen LogP contribution in [0.1, 0.15) is 219 Å². The predicted octanol–water partition coefficient (Wildman–Crippen LogP) is 16.8. The lowest BCUT2D eigenvalue weighted by atomic mass is 9.86. The molecule has 1 amide bonds. The van der Waals surface area contributed by atoms with Crippen molar-refractivity contribution in [1.82, 2.24) is 33.9 Å². The fourth-order valence-corrected chi connectivity index (χ4v) is 16.7. The molecule has 2 aromatic heterocycles. The summed E-state index contributed by atoms with van der Waals surface area (Å²) in [6.45, 7) is 54.0. The second-order valence-electron chi connectivity index (χ2n) is 38.5. The number of anilines is 3. The molecular weight excluding hydrogens is 1510 g/mol. The van der Waals surface area contributed by atoms with Crippen LogP contribution in [0.2, 0.25) is 0 Å². The van der Waals surface area contributed by atoms with Crippen molar-refractivity contribution in [2.24, 2.45) is 0 Å². The smallest absolute Gasteiger partial charge is 0.253 e. The molecule has 0 atom stereocenters. The number of benzene rings is 5. The summed E-state index contributed by atoms with van der Waals surface area (Å²) < 4.78 is 49.3. The summed E-state index contributed by atoms with van der Waals surface area (Å²) >= 11 is 0. The molecule has 21 heteroatoms. The van der Waals surface area contributed by atoms with Gasteiger partial charge < -0.3 is 63.7 Å². The van der Waals surface area contributed by atoms with Crippen LogP contribution in [0.4, 0.5) is 17.2 Å². The highest BCUT2D eigenvalue weighted by Crippen LogP contribution is 2.38. The lowest BCUT2D eigenvalue weighted by Crippen LogP contribution is -2.52. The van der Waals surface area contributed by atoms with E-state index in [-0.39, 0.29) is 57.4 Å². The first-order chi connectivity index (χ1) is 56.0. The van der Waals surface area contributed by atoms with E-state index in [1.807, 2.05) is 85.7 Å². The number of likely N-dealkylation sites (N-methyl/N-ethyl adjacent to an activating group) is 2. The summed E-state index contributed by atoms with van der Waals surface area (Å²) in [4.78, 5) is 38.0. The van der Waals surface area contributed by atoms with E-state index in [4.69, 9.17) is 18.9 Å². The molecule has 13 rings (SSSR count). The molecule has 20 nitrogen and oxygen atoms in total. The quantitative estimate of drug-likeness (QED) is 0.0927. The number of amides is 1. The van der Waals surface area contributed by atoms with E-state index in [9.17, 15) is 28.5 Å². The molecule has 0 unspecified atom stereocenters. The zero-order valence-corrected chi connectivity index (χ0v) is 77.3. The van der Waals surface area contributed by atoms with Crippen LogP contribution in [0.3, 0.4) is 0 Å². The third-order valence-corrected chi connectivity index (χ3v) is 25.2. The molecule has 6 fully saturated rings. The number of piperazine rings is 2. The number of rotatable bonds is 14. The summed E-state index contributed by atoms with van der Waals surface area (Å²) in [5, 5.41) is 28.7. The first-order valence-electron chi connectivity index (χ1n) is 43.5. The molecule has 0 radical (unpaired) electrons. The fraction of sp³-hybridized carbons (Fsp3) is 0.582. The van der Waals surface area contributed by atoms with Crippen LogP contribution in [0.25, 0.3) is 0 Å². The van der Waals surface area contributed by atoms with Crippen LogP contribution in [-0.4, -0.2) is 227 Å². The van der Waals surface area contributed by atoms with Crippen molar-refractivity contribution in [2.75, 3.05) is 148 Å². The van der Waals surface area contributed by atoms with Crippen LogP contribution in [0.5, 0.6) is 23.0 Å². The van der Waals surface area contributed by atoms with E-state index in [2.05, 4.69) is 225 Å². The van der Waals surface area contributed by atoms with Crippen molar-refractivity contribution >= 4 is 33.1 Å². The number of hydrogen-bond acceptors (Lipinski definition) is 18. The number of carbonyl (C=O) groups is 1. The van der Waals surface area contributed by atoms with Crippen LogP contribution in [-0.2, 0) is 43.7 Å². The van der Waals surface area contributed by atoms with E-state index in [0.717, 1.165) is 194 Å². The fourth-order valence-electron chi connectivity index (χ4n) is 15.3. The normalized spacial score (nSPS) is 17.7. The van der Waals surface area contributed by atoms with E-state index >= 15 is 0 Å².